The second-order valence-corrected chi connectivity index (χ2v) is 5.60. The van der Waals surface area contributed by atoms with E-state index >= 15 is 0 Å². The predicted molar refractivity (Wildman–Crippen MR) is 87.3 cm³/mol. The van der Waals surface area contributed by atoms with Gasteiger partial charge in [0, 0.05) is 6.54 Å². The lowest BCUT2D eigenvalue weighted by molar-refractivity contribution is 0.201. The number of hydrogen-bond acceptors (Lipinski definition) is 3. The predicted octanol–water partition coefficient (Wildman–Crippen LogP) is 4.09. The van der Waals surface area contributed by atoms with Gasteiger partial charge in [-0.15, -0.1) is 0 Å². The van der Waals surface area contributed by atoms with Crippen molar-refractivity contribution in [3.05, 3.63) is 48.1 Å². The van der Waals surface area contributed by atoms with Crippen LogP contribution in [-0.2, 0) is 0 Å². The first-order chi connectivity index (χ1) is 10.6. The zero-order valence-electron chi connectivity index (χ0n) is 13.2. The molecule has 118 valence electrons. The van der Waals surface area contributed by atoms with Gasteiger partial charge in [0.25, 0.3) is 0 Å². The second kappa shape index (κ2) is 7.69. The van der Waals surface area contributed by atoms with Gasteiger partial charge in [-0.05, 0) is 56.4 Å². The second-order valence-electron chi connectivity index (χ2n) is 5.60. The summed E-state index contributed by atoms with van der Waals surface area (Å²) in [7, 11) is 1.60. The maximum absolute atomic E-state index is 11.8. The van der Waals surface area contributed by atoms with E-state index in [2.05, 4.69) is 24.9 Å². The van der Waals surface area contributed by atoms with Crippen LogP contribution in [0.1, 0.15) is 26.2 Å². The number of carbonyl (C=O) groups is 1. The first-order valence-electron chi connectivity index (χ1n) is 7.51. The average Bonchev–Trinajstić information content (AvgIpc) is 2.54. The molecule has 0 heterocycles. The van der Waals surface area contributed by atoms with Crippen LogP contribution in [0.3, 0.4) is 0 Å². The molecule has 1 N–H and O–H groups in total. The van der Waals surface area contributed by atoms with Crippen molar-refractivity contribution in [2.24, 2.45) is 5.92 Å². The van der Waals surface area contributed by atoms with Crippen LogP contribution in [0.4, 0.5) is 4.79 Å². The summed E-state index contributed by atoms with van der Waals surface area (Å²) in [4.78, 5) is 11.8. The number of hydrogen-bond donors (Lipinski definition) is 1. The minimum atomic E-state index is -0.437. The number of rotatable bonds is 5. The van der Waals surface area contributed by atoms with Crippen LogP contribution in [-0.4, -0.2) is 19.7 Å². The Hall–Kier alpha value is -2.23. The third-order valence-electron chi connectivity index (χ3n) is 3.93. The van der Waals surface area contributed by atoms with Crippen molar-refractivity contribution < 1.29 is 14.3 Å². The summed E-state index contributed by atoms with van der Waals surface area (Å²) in [6, 6.07) is 6.92. The molecule has 1 aromatic carbocycles. The van der Waals surface area contributed by atoms with Gasteiger partial charge in [0.1, 0.15) is 11.5 Å². The molecule has 1 unspecified atom stereocenters. The van der Waals surface area contributed by atoms with E-state index in [9.17, 15) is 4.79 Å². The van der Waals surface area contributed by atoms with Gasteiger partial charge in [-0.25, -0.2) is 4.79 Å². The molecule has 4 heteroatoms. The highest BCUT2D eigenvalue weighted by atomic mass is 16.6. The standard InChI is InChI=1S/C18H23NO3/c1-13(2)15-6-4-14(5-7-15)12-19-18(20)22-17-10-8-16(21-3)9-11-17/h4,8-11,15H,1,5-7,12H2,2-3H3,(H,19,20). The highest BCUT2D eigenvalue weighted by Gasteiger charge is 2.15. The smallest absolute Gasteiger partial charge is 0.412 e. The SMILES string of the molecule is C=C(C)C1CC=C(CNC(=O)Oc2ccc(OC)cc2)CC1. The fourth-order valence-electron chi connectivity index (χ4n) is 2.47. The van der Waals surface area contributed by atoms with Gasteiger partial charge in [0.05, 0.1) is 7.11 Å². The molecule has 4 nitrogen and oxygen atoms in total. The van der Waals surface area contributed by atoms with Crippen molar-refractivity contribution in [2.75, 3.05) is 13.7 Å². The van der Waals surface area contributed by atoms with Gasteiger partial charge in [-0.1, -0.05) is 23.8 Å². The molecule has 0 bridgehead atoms. The quantitative estimate of drug-likeness (QED) is 0.833. The van der Waals surface area contributed by atoms with Crippen LogP contribution in [0, 0.1) is 5.92 Å². The van der Waals surface area contributed by atoms with E-state index in [0.29, 0.717) is 18.2 Å². The Labute approximate surface area is 131 Å². The maximum atomic E-state index is 11.8. The van der Waals surface area contributed by atoms with Crippen LogP contribution in [0.2, 0.25) is 0 Å². The molecular formula is C18H23NO3. The Morgan fingerprint density at radius 1 is 1.32 bits per heavy atom. The minimum Gasteiger partial charge on any atom is -0.497 e. The van der Waals surface area contributed by atoms with Crippen molar-refractivity contribution in [1.29, 1.82) is 0 Å². The van der Waals surface area contributed by atoms with Gasteiger partial charge < -0.3 is 14.8 Å². The Balaban J connectivity index is 1.77. The monoisotopic (exact) mass is 301 g/mol. The number of methoxy groups -OCH3 is 1. The third kappa shape index (κ3) is 4.65. The normalized spacial score (nSPS) is 17.4. The van der Waals surface area contributed by atoms with E-state index in [-0.39, 0.29) is 0 Å². The first-order valence-corrected chi connectivity index (χ1v) is 7.51. The molecule has 2 rings (SSSR count). The summed E-state index contributed by atoms with van der Waals surface area (Å²) in [6.45, 7) is 6.63. The topological polar surface area (TPSA) is 47.6 Å². The van der Waals surface area contributed by atoms with Gasteiger partial charge in [0.15, 0.2) is 0 Å². The first kappa shape index (κ1) is 16.1. The Bertz CT molecular complexity index is 560. The maximum Gasteiger partial charge on any atom is 0.412 e. The molecule has 1 aliphatic carbocycles. The van der Waals surface area contributed by atoms with Crippen LogP contribution >= 0.6 is 0 Å². The summed E-state index contributed by atoms with van der Waals surface area (Å²) in [5, 5.41) is 2.79. The number of amides is 1. The molecule has 1 amide bonds. The minimum absolute atomic E-state index is 0.437. The van der Waals surface area contributed by atoms with Gasteiger partial charge in [-0.3, -0.25) is 0 Å². The van der Waals surface area contributed by atoms with Gasteiger partial charge in [0.2, 0.25) is 0 Å². The highest BCUT2D eigenvalue weighted by molar-refractivity contribution is 5.70. The van der Waals surface area contributed by atoms with Crippen LogP contribution in [0.25, 0.3) is 0 Å². The number of nitrogens with one attached hydrogen (secondary N) is 1. The van der Waals surface area contributed by atoms with Crippen molar-refractivity contribution in [2.45, 2.75) is 26.2 Å². The molecular weight excluding hydrogens is 278 g/mol. The third-order valence-corrected chi connectivity index (χ3v) is 3.93. The lowest BCUT2D eigenvalue weighted by Crippen LogP contribution is -2.29. The Morgan fingerprint density at radius 2 is 2.00 bits per heavy atom. The highest BCUT2D eigenvalue weighted by Crippen LogP contribution is 2.27. The molecule has 1 aliphatic rings. The Morgan fingerprint density at radius 3 is 2.55 bits per heavy atom. The molecule has 0 aromatic heterocycles. The van der Waals surface area contributed by atoms with Crippen LogP contribution in [0.5, 0.6) is 11.5 Å². The zero-order valence-corrected chi connectivity index (χ0v) is 13.2. The number of allylic oxidation sites excluding steroid dienone is 2. The molecule has 22 heavy (non-hydrogen) atoms. The number of ether oxygens (including phenoxy) is 2. The molecule has 0 fully saturated rings. The largest absolute Gasteiger partial charge is 0.497 e. The Kier molecular flexibility index (Phi) is 5.64. The fraction of sp³-hybridized carbons (Fsp3) is 0.389. The van der Waals surface area contributed by atoms with Crippen molar-refractivity contribution >= 4 is 6.09 Å². The molecule has 0 spiro atoms. The molecule has 0 saturated carbocycles. The van der Waals surface area contributed by atoms with Crippen molar-refractivity contribution in [1.82, 2.24) is 5.32 Å². The molecule has 0 aliphatic heterocycles. The van der Waals surface area contributed by atoms with E-state index in [1.165, 1.54) is 11.1 Å². The summed E-state index contributed by atoms with van der Waals surface area (Å²) in [6.07, 6.45) is 4.89. The molecule has 0 radical (unpaired) electrons. The van der Waals surface area contributed by atoms with E-state index < -0.39 is 6.09 Å². The molecule has 0 saturated heterocycles. The lowest BCUT2D eigenvalue weighted by Gasteiger charge is -2.22. The van der Waals surface area contributed by atoms with Crippen molar-refractivity contribution in [3.8, 4) is 11.5 Å². The van der Waals surface area contributed by atoms with E-state index in [1.807, 2.05) is 0 Å². The number of carbonyl (C=O) groups excluding carboxylic acids is 1. The molecule has 1 atom stereocenters. The molecule has 1 aromatic rings. The van der Waals surface area contributed by atoms with Gasteiger partial charge >= 0.3 is 6.09 Å². The van der Waals surface area contributed by atoms with Crippen molar-refractivity contribution in [3.63, 3.8) is 0 Å². The summed E-state index contributed by atoms with van der Waals surface area (Å²) >= 11 is 0. The average molecular weight is 301 g/mol. The lowest BCUT2D eigenvalue weighted by atomic mass is 9.85. The van der Waals surface area contributed by atoms with E-state index in [4.69, 9.17) is 9.47 Å². The van der Waals surface area contributed by atoms with Crippen LogP contribution < -0.4 is 14.8 Å². The van der Waals surface area contributed by atoms with E-state index in [1.54, 1.807) is 31.4 Å². The summed E-state index contributed by atoms with van der Waals surface area (Å²) in [5.74, 6) is 1.81. The van der Waals surface area contributed by atoms with Gasteiger partial charge in [-0.2, -0.15) is 0 Å². The van der Waals surface area contributed by atoms with E-state index in [0.717, 1.165) is 25.0 Å². The zero-order chi connectivity index (χ0) is 15.9. The fourth-order valence-corrected chi connectivity index (χ4v) is 2.47. The summed E-state index contributed by atoms with van der Waals surface area (Å²) < 4.78 is 10.3. The number of benzene rings is 1. The summed E-state index contributed by atoms with van der Waals surface area (Å²) in [5.41, 5.74) is 2.49. The van der Waals surface area contributed by atoms with Crippen LogP contribution in [0.15, 0.2) is 48.1 Å².